The summed E-state index contributed by atoms with van der Waals surface area (Å²) in [7, 11) is 0. The van der Waals surface area contributed by atoms with Crippen molar-refractivity contribution >= 4 is 17.5 Å². The molecule has 4 rings (SSSR count). The van der Waals surface area contributed by atoms with E-state index in [4.69, 9.17) is 9.26 Å². The third-order valence-corrected chi connectivity index (χ3v) is 5.29. The van der Waals surface area contributed by atoms with Crippen molar-refractivity contribution in [3.05, 3.63) is 53.1 Å². The summed E-state index contributed by atoms with van der Waals surface area (Å²) in [5.41, 5.74) is 0.283. The molecule has 0 saturated carbocycles. The lowest BCUT2D eigenvalue weighted by Gasteiger charge is -2.14. The Hall–Kier alpha value is -4.45. The summed E-state index contributed by atoms with van der Waals surface area (Å²) in [6.45, 7) is 1.68. The second-order valence-electron chi connectivity index (χ2n) is 7.70. The summed E-state index contributed by atoms with van der Waals surface area (Å²) in [5.74, 6) is -0.534. The molecule has 1 fully saturated rings. The van der Waals surface area contributed by atoms with Crippen LogP contribution in [-0.2, 0) is 4.79 Å². The molecule has 0 radical (unpaired) electrons. The molecule has 12 nitrogen and oxygen atoms in total. The van der Waals surface area contributed by atoms with Gasteiger partial charge in [0.05, 0.1) is 0 Å². The molecule has 1 aliphatic rings. The van der Waals surface area contributed by atoms with Crippen LogP contribution in [0.4, 0.5) is 5.69 Å². The van der Waals surface area contributed by atoms with Gasteiger partial charge in [0.15, 0.2) is 11.5 Å². The van der Waals surface area contributed by atoms with Crippen LogP contribution in [0.25, 0.3) is 11.3 Å². The predicted octanol–water partition coefficient (Wildman–Crippen LogP) is 3.51. The number of phenolic OH excluding ortho intramolecular Hbond substituents is 2. The molecule has 12 heteroatoms. The monoisotopic (exact) mass is 483 g/mol. The van der Waals surface area contributed by atoms with Crippen molar-refractivity contribution in [3.63, 3.8) is 0 Å². The number of ether oxygens (including phenoxy) is 1. The van der Waals surface area contributed by atoms with Gasteiger partial charge in [-0.25, -0.2) is 0 Å². The number of benzene rings is 2. The van der Waals surface area contributed by atoms with Crippen LogP contribution in [0.15, 0.2) is 52.2 Å². The molecule has 3 aromatic rings. The van der Waals surface area contributed by atoms with Crippen LogP contribution in [0.1, 0.15) is 29.8 Å². The maximum Gasteiger partial charge on any atom is 0.273 e. The van der Waals surface area contributed by atoms with Gasteiger partial charge in [0.1, 0.15) is 34.2 Å². The Morgan fingerprint density at radius 1 is 1.20 bits per heavy atom. The minimum absolute atomic E-state index is 0. The highest BCUT2D eigenvalue weighted by Gasteiger charge is 2.22. The van der Waals surface area contributed by atoms with Gasteiger partial charge in [-0.05, 0) is 42.3 Å². The van der Waals surface area contributed by atoms with Gasteiger partial charge in [0.25, 0.3) is 5.91 Å². The summed E-state index contributed by atoms with van der Waals surface area (Å²) in [6.07, 6.45) is 2.05. The second kappa shape index (κ2) is 11.1. The Bertz CT molecular complexity index is 1210. The van der Waals surface area contributed by atoms with E-state index in [1.165, 1.54) is 36.4 Å². The lowest BCUT2D eigenvalue weighted by molar-refractivity contribution is -0.127. The number of likely N-dealkylation sites (tertiary alicyclic amines) is 1. The molecule has 184 valence electrons. The first kappa shape index (κ1) is 25.2. The molecule has 0 bridgehead atoms. The number of carbonyl (C=O) groups excluding carboxylic acids is 2. The van der Waals surface area contributed by atoms with Crippen molar-refractivity contribution in [2.75, 3.05) is 19.6 Å². The van der Waals surface area contributed by atoms with Crippen molar-refractivity contribution in [3.8, 4) is 34.3 Å². The van der Waals surface area contributed by atoms with Crippen molar-refractivity contribution in [1.29, 1.82) is 0 Å². The van der Waals surface area contributed by atoms with Gasteiger partial charge in [0.2, 0.25) is 5.91 Å². The molecular weight excluding hydrogens is 460 g/mol. The third-order valence-electron chi connectivity index (χ3n) is 5.29. The molecule has 2 amide bonds. The number of nitroso groups, excluding NO2 is 1. The Balaban J connectivity index is 0.00000342. The molecule has 0 aliphatic carbocycles. The van der Waals surface area contributed by atoms with Crippen molar-refractivity contribution in [2.24, 2.45) is 5.18 Å². The molecule has 4 N–H and O–H groups in total. The molecular formula is C23H23N4O8-. The van der Waals surface area contributed by atoms with Crippen LogP contribution >= 0.6 is 0 Å². The van der Waals surface area contributed by atoms with E-state index in [0.29, 0.717) is 31.7 Å². The van der Waals surface area contributed by atoms with Gasteiger partial charge in [-0.15, -0.1) is 4.91 Å². The SMILES string of the molecule is O=Nc1ccc(Oc2cc(O)cc(O)c2-c2cc(C(=O)NCCCN3CCCC3=O)no2)cc1.[OH-]. The fraction of sp³-hybridized carbons (Fsp3) is 0.261. The predicted molar refractivity (Wildman–Crippen MR) is 122 cm³/mol. The number of hydrogen-bond donors (Lipinski definition) is 3. The Labute approximate surface area is 199 Å². The molecule has 0 atom stereocenters. The van der Waals surface area contributed by atoms with E-state index < -0.39 is 5.91 Å². The molecule has 1 saturated heterocycles. The van der Waals surface area contributed by atoms with Crippen LogP contribution in [-0.4, -0.2) is 57.2 Å². The maximum atomic E-state index is 12.4. The minimum atomic E-state index is -0.472. The molecule has 1 aromatic heterocycles. The number of phenols is 2. The number of amides is 2. The molecule has 0 unspecified atom stereocenters. The fourth-order valence-corrected chi connectivity index (χ4v) is 3.62. The average molecular weight is 483 g/mol. The third kappa shape index (κ3) is 5.92. The average Bonchev–Trinajstić information content (AvgIpc) is 3.46. The zero-order chi connectivity index (χ0) is 24.1. The van der Waals surface area contributed by atoms with Crippen molar-refractivity contribution in [1.82, 2.24) is 15.4 Å². The van der Waals surface area contributed by atoms with Crippen molar-refractivity contribution in [2.45, 2.75) is 19.3 Å². The highest BCUT2D eigenvalue weighted by Crippen LogP contribution is 2.43. The van der Waals surface area contributed by atoms with Gasteiger partial charge >= 0.3 is 0 Å². The molecule has 2 heterocycles. The normalized spacial score (nSPS) is 12.8. The summed E-state index contributed by atoms with van der Waals surface area (Å²) in [5, 5.41) is 29.6. The Kier molecular flexibility index (Phi) is 8.00. The molecule has 0 spiro atoms. The molecule has 35 heavy (non-hydrogen) atoms. The van der Waals surface area contributed by atoms with E-state index >= 15 is 0 Å². The van der Waals surface area contributed by atoms with Crippen LogP contribution in [0.2, 0.25) is 0 Å². The smallest absolute Gasteiger partial charge is 0.273 e. The van der Waals surface area contributed by atoms with E-state index in [9.17, 15) is 24.7 Å². The zero-order valence-corrected chi connectivity index (χ0v) is 18.5. The first-order valence-corrected chi connectivity index (χ1v) is 10.6. The highest BCUT2D eigenvalue weighted by molar-refractivity contribution is 5.93. The van der Waals surface area contributed by atoms with Crippen LogP contribution < -0.4 is 10.1 Å². The number of aromatic hydroxyl groups is 2. The Morgan fingerprint density at radius 2 is 1.97 bits per heavy atom. The van der Waals surface area contributed by atoms with Gasteiger partial charge in [-0.3, -0.25) is 9.59 Å². The first-order chi connectivity index (χ1) is 16.4. The lowest BCUT2D eigenvalue weighted by atomic mass is 10.1. The van der Waals surface area contributed by atoms with E-state index in [1.807, 2.05) is 0 Å². The molecule has 1 aliphatic heterocycles. The number of nitrogens with zero attached hydrogens (tertiary/aromatic N) is 3. The summed E-state index contributed by atoms with van der Waals surface area (Å²) in [4.78, 5) is 36.4. The summed E-state index contributed by atoms with van der Waals surface area (Å²) in [6, 6.07) is 9.60. The largest absolute Gasteiger partial charge is 0.870 e. The fourth-order valence-electron chi connectivity index (χ4n) is 3.62. The summed E-state index contributed by atoms with van der Waals surface area (Å²) >= 11 is 0. The highest BCUT2D eigenvalue weighted by atomic mass is 16.5. The first-order valence-electron chi connectivity index (χ1n) is 10.6. The lowest BCUT2D eigenvalue weighted by Crippen LogP contribution is -2.30. The van der Waals surface area contributed by atoms with Crippen LogP contribution in [0.5, 0.6) is 23.0 Å². The Morgan fingerprint density at radius 3 is 2.66 bits per heavy atom. The van der Waals surface area contributed by atoms with Gasteiger partial charge in [-0.1, -0.05) is 5.16 Å². The zero-order valence-electron chi connectivity index (χ0n) is 18.5. The van der Waals surface area contributed by atoms with Gasteiger partial charge in [0, 0.05) is 44.3 Å². The second-order valence-corrected chi connectivity index (χ2v) is 7.70. The minimum Gasteiger partial charge on any atom is -0.870 e. The maximum absolute atomic E-state index is 12.4. The van der Waals surface area contributed by atoms with E-state index in [2.05, 4.69) is 15.7 Å². The number of nitrogens with one attached hydrogen (secondary N) is 1. The number of carbonyl (C=O) groups is 2. The van der Waals surface area contributed by atoms with E-state index in [1.54, 1.807) is 4.90 Å². The van der Waals surface area contributed by atoms with Crippen molar-refractivity contribution < 1.29 is 34.5 Å². The van der Waals surface area contributed by atoms with Gasteiger partial charge in [-0.2, -0.15) is 0 Å². The summed E-state index contributed by atoms with van der Waals surface area (Å²) < 4.78 is 11.0. The number of hydrogen-bond acceptors (Lipinski definition) is 10. The van der Waals surface area contributed by atoms with E-state index in [-0.39, 0.29) is 51.3 Å². The van der Waals surface area contributed by atoms with Crippen LogP contribution in [0, 0.1) is 4.91 Å². The number of rotatable bonds is 9. The standard InChI is InChI=1S/C23H22N4O7.H2O/c28-15-11-18(29)22(19(12-15)33-16-6-4-14(25-32)5-7-16)20-13-17(26-34-20)23(31)24-8-2-10-27-9-1-3-21(27)30;/h4-7,11-13,28-29H,1-3,8-10H2,(H,24,31);1H2/p-1. The quantitative estimate of drug-likeness (QED) is 0.302. The van der Waals surface area contributed by atoms with Gasteiger partial charge < -0.3 is 35.2 Å². The number of aromatic nitrogens is 1. The van der Waals surface area contributed by atoms with E-state index in [0.717, 1.165) is 19.0 Å². The van der Waals surface area contributed by atoms with Crippen LogP contribution in [0.3, 0.4) is 0 Å². The molecule has 2 aromatic carbocycles. The topological polar surface area (TPSA) is 185 Å².